The molecule has 1 aromatic rings. The van der Waals surface area contributed by atoms with Gasteiger partial charge in [-0.2, -0.15) is 14.0 Å². The summed E-state index contributed by atoms with van der Waals surface area (Å²) in [6.45, 7) is -1.66. The minimum atomic E-state index is -3.23. The van der Waals surface area contributed by atoms with Crippen molar-refractivity contribution in [1.82, 2.24) is 0 Å². The molecule has 0 aromatic heterocycles. The van der Waals surface area contributed by atoms with E-state index in [1.54, 1.807) is 6.07 Å². The van der Waals surface area contributed by atoms with Gasteiger partial charge in [0.2, 0.25) is 0 Å². The standard InChI is InChI=1S/C12H9F2NO4/c1-2-18-11(17)8-4-3-7(6-16)9(5-15)10(8)19-12(13)14/h3-4,6,12H,2H2,1H3. The van der Waals surface area contributed by atoms with E-state index in [2.05, 4.69) is 9.47 Å². The maximum Gasteiger partial charge on any atom is 0.387 e. The third kappa shape index (κ3) is 3.25. The van der Waals surface area contributed by atoms with Crippen LogP contribution in [0.25, 0.3) is 0 Å². The van der Waals surface area contributed by atoms with Gasteiger partial charge >= 0.3 is 12.6 Å². The highest BCUT2D eigenvalue weighted by Crippen LogP contribution is 2.28. The summed E-state index contributed by atoms with van der Waals surface area (Å²) in [6, 6.07) is 3.82. The number of ether oxygens (including phenoxy) is 2. The lowest BCUT2D eigenvalue weighted by atomic mass is 10.0. The van der Waals surface area contributed by atoms with Crippen LogP contribution in [-0.2, 0) is 4.74 Å². The van der Waals surface area contributed by atoms with Crippen molar-refractivity contribution in [2.24, 2.45) is 0 Å². The Balaban J connectivity index is 3.42. The van der Waals surface area contributed by atoms with Gasteiger partial charge in [-0.05, 0) is 19.1 Å². The molecular weight excluding hydrogens is 260 g/mol. The van der Waals surface area contributed by atoms with E-state index < -0.39 is 23.9 Å². The molecule has 100 valence electrons. The molecule has 0 spiro atoms. The van der Waals surface area contributed by atoms with Gasteiger partial charge in [0.1, 0.15) is 17.2 Å². The zero-order valence-corrected chi connectivity index (χ0v) is 9.85. The van der Waals surface area contributed by atoms with Crippen molar-refractivity contribution in [3.63, 3.8) is 0 Å². The van der Waals surface area contributed by atoms with Crippen LogP contribution in [-0.4, -0.2) is 25.5 Å². The topological polar surface area (TPSA) is 76.4 Å². The van der Waals surface area contributed by atoms with Crippen molar-refractivity contribution >= 4 is 12.3 Å². The average Bonchev–Trinajstić information content (AvgIpc) is 2.37. The number of hydrogen-bond acceptors (Lipinski definition) is 5. The maximum atomic E-state index is 12.3. The molecule has 0 fully saturated rings. The minimum Gasteiger partial charge on any atom is -0.462 e. The van der Waals surface area contributed by atoms with Crippen LogP contribution in [0.1, 0.15) is 33.2 Å². The Morgan fingerprint density at radius 2 is 2.21 bits per heavy atom. The van der Waals surface area contributed by atoms with Crippen molar-refractivity contribution in [2.45, 2.75) is 13.5 Å². The van der Waals surface area contributed by atoms with E-state index in [1.807, 2.05) is 0 Å². The molecule has 0 unspecified atom stereocenters. The van der Waals surface area contributed by atoms with E-state index in [1.165, 1.54) is 6.92 Å². The van der Waals surface area contributed by atoms with Crippen molar-refractivity contribution in [3.05, 3.63) is 28.8 Å². The smallest absolute Gasteiger partial charge is 0.387 e. The molecule has 0 heterocycles. The van der Waals surface area contributed by atoms with Crippen LogP contribution < -0.4 is 4.74 Å². The largest absolute Gasteiger partial charge is 0.462 e. The second-order valence-electron chi connectivity index (χ2n) is 3.24. The van der Waals surface area contributed by atoms with Crippen LogP contribution in [0.15, 0.2) is 12.1 Å². The summed E-state index contributed by atoms with van der Waals surface area (Å²) in [4.78, 5) is 22.3. The molecule has 0 aliphatic rings. The van der Waals surface area contributed by atoms with Gasteiger partial charge in [0.05, 0.1) is 6.61 Å². The number of aldehydes is 1. The fourth-order valence-electron chi connectivity index (χ4n) is 1.39. The van der Waals surface area contributed by atoms with Gasteiger partial charge in [0.25, 0.3) is 0 Å². The summed E-state index contributed by atoms with van der Waals surface area (Å²) >= 11 is 0. The third-order valence-corrected chi connectivity index (χ3v) is 2.13. The predicted molar refractivity (Wildman–Crippen MR) is 59.1 cm³/mol. The van der Waals surface area contributed by atoms with Gasteiger partial charge < -0.3 is 9.47 Å². The Hall–Kier alpha value is -2.49. The summed E-state index contributed by atoms with van der Waals surface area (Å²) in [5.74, 6) is -1.56. The van der Waals surface area contributed by atoms with E-state index in [0.29, 0.717) is 6.29 Å². The third-order valence-electron chi connectivity index (χ3n) is 2.13. The highest BCUT2D eigenvalue weighted by molar-refractivity contribution is 5.95. The molecule has 5 nitrogen and oxygen atoms in total. The van der Waals surface area contributed by atoms with Crippen molar-refractivity contribution in [2.75, 3.05) is 6.61 Å². The number of carbonyl (C=O) groups excluding carboxylic acids is 2. The minimum absolute atomic E-state index is 0.0320. The number of hydrogen-bond donors (Lipinski definition) is 0. The first-order chi connectivity index (χ1) is 9.04. The van der Waals surface area contributed by atoms with E-state index in [-0.39, 0.29) is 17.7 Å². The van der Waals surface area contributed by atoms with E-state index in [9.17, 15) is 18.4 Å². The SMILES string of the molecule is CCOC(=O)c1ccc(C=O)c(C#N)c1OC(F)F. The molecule has 7 heteroatoms. The number of nitriles is 1. The van der Waals surface area contributed by atoms with Crippen molar-refractivity contribution in [1.29, 1.82) is 5.26 Å². The number of rotatable bonds is 5. The van der Waals surface area contributed by atoms with Crippen LogP contribution >= 0.6 is 0 Å². The van der Waals surface area contributed by atoms with Gasteiger partial charge in [-0.3, -0.25) is 4.79 Å². The number of alkyl halides is 2. The number of nitrogens with zero attached hydrogens (tertiary/aromatic N) is 1. The molecule has 0 amide bonds. The maximum absolute atomic E-state index is 12.3. The number of carbonyl (C=O) groups is 2. The van der Waals surface area contributed by atoms with E-state index in [4.69, 9.17) is 5.26 Å². The zero-order chi connectivity index (χ0) is 14.4. The van der Waals surface area contributed by atoms with Crippen LogP contribution in [0, 0.1) is 11.3 Å². The molecule has 19 heavy (non-hydrogen) atoms. The number of benzene rings is 1. The van der Waals surface area contributed by atoms with Crippen LogP contribution in [0.2, 0.25) is 0 Å². The lowest BCUT2D eigenvalue weighted by Gasteiger charge is -2.12. The van der Waals surface area contributed by atoms with Gasteiger partial charge in [-0.15, -0.1) is 0 Å². The lowest BCUT2D eigenvalue weighted by molar-refractivity contribution is -0.0506. The second-order valence-corrected chi connectivity index (χ2v) is 3.24. The van der Waals surface area contributed by atoms with Crippen LogP contribution in [0.5, 0.6) is 5.75 Å². The van der Waals surface area contributed by atoms with Gasteiger partial charge in [-0.1, -0.05) is 0 Å². The number of halogens is 2. The fourth-order valence-corrected chi connectivity index (χ4v) is 1.39. The fraction of sp³-hybridized carbons (Fsp3) is 0.250. The second kappa shape index (κ2) is 6.44. The summed E-state index contributed by atoms with van der Waals surface area (Å²) in [7, 11) is 0. The predicted octanol–water partition coefficient (Wildman–Crippen LogP) is 2.15. The Kier molecular flexibility index (Phi) is 4.94. The molecule has 1 rings (SSSR count). The van der Waals surface area contributed by atoms with E-state index >= 15 is 0 Å². The summed E-state index contributed by atoms with van der Waals surface area (Å²) in [6.07, 6.45) is 0.311. The Morgan fingerprint density at radius 1 is 1.53 bits per heavy atom. The van der Waals surface area contributed by atoms with Gasteiger partial charge in [0.15, 0.2) is 12.0 Å². The first kappa shape index (κ1) is 14.6. The highest BCUT2D eigenvalue weighted by Gasteiger charge is 2.23. The van der Waals surface area contributed by atoms with E-state index in [0.717, 1.165) is 12.1 Å². The molecule has 0 radical (unpaired) electrons. The lowest BCUT2D eigenvalue weighted by Crippen LogP contribution is -2.13. The molecule has 0 bridgehead atoms. The average molecular weight is 269 g/mol. The first-order valence-electron chi connectivity index (χ1n) is 5.19. The molecule has 0 saturated carbocycles. The Labute approximate surface area is 107 Å². The monoisotopic (exact) mass is 269 g/mol. The Morgan fingerprint density at radius 3 is 2.68 bits per heavy atom. The summed E-state index contributed by atoms with van der Waals surface area (Å²) in [5, 5.41) is 8.89. The molecular formula is C12H9F2NO4. The summed E-state index contributed by atoms with van der Waals surface area (Å²) < 4.78 is 33.5. The normalized spacial score (nSPS) is 9.84. The number of esters is 1. The van der Waals surface area contributed by atoms with Crippen LogP contribution in [0.4, 0.5) is 8.78 Å². The zero-order valence-electron chi connectivity index (χ0n) is 9.85. The summed E-state index contributed by atoms with van der Waals surface area (Å²) in [5.41, 5.74) is -0.906. The Bertz CT molecular complexity index is 537. The molecule has 0 atom stereocenters. The molecule has 0 aliphatic heterocycles. The highest BCUT2D eigenvalue weighted by atomic mass is 19.3. The molecule has 0 saturated heterocycles. The van der Waals surface area contributed by atoms with Gasteiger partial charge in [0, 0.05) is 5.56 Å². The molecule has 0 aliphatic carbocycles. The molecule has 0 N–H and O–H groups in total. The van der Waals surface area contributed by atoms with Gasteiger partial charge in [-0.25, -0.2) is 4.79 Å². The van der Waals surface area contributed by atoms with Crippen molar-refractivity contribution < 1.29 is 27.8 Å². The molecule has 1 aromatic carbocycles. The first-order valence-corrected chi connectivity index (χ1v) is 5.19. The van der Waals surface area contributed by atoms with Crippen molar-refractivity contribution in [3.8, 4) is 11.8 Å². The van der Waals surface area contributed by atoms with Crippen LogP contribution in [0.3, 0.4) is 0 Å². The quantitative estimate of drug-likeness (QED) is 0.604.